The summed E-state index contributed by atoms with van der Waals surface area (Å²) in [6.45, 7) is 6.81. The first-order valence-corrected chi connectivity index (χ1v) is 12.0. The number of nitrogens with zero attached hydrogens (tertiary/aromatic N) is 3. The van der Waals surface area contributed by atoms with Gasteiger partial charge in [-0.2, -0.15) is 5.26 Å². The molecule has 1 aromatic carbocycles. The highest BCUT2D eigenvalue weighted by Gasteiger charge is 2.21. The predicted octanol–water partition coefficient (Wildman–Crippen LogP) is 4.31. The maximum absolute atomic E-state index is 11.5. The van der Waals surface area contributed by atoms with Crippen molar-refractivity contribution in [3.8, 4) is 6.07 Å². The molecule has 0 bridgehead atoms. The Morgan fingerprint density at radius 2 is 2.12 bits per heavy atom. The van der Waals surface area contributed by atoms with Crippen LogP contribution in [0.4, 0.5) is 11.4 Å². The highest BCUT2D eigenvalue weighted by atomic mass is 79.9. The Morgan fingerprint density at radius 1 is 1.36 bits per heavy atom. The van der Waals surface area contributed by atoms with Crippen molar-refractivity contribution >= 4 is 39.6 Å². The summed E-state index contributed by atoms with van der Waals surface area (Å²) in [6.07, 6.45) is 6.24. The number of anilines is 2. The number of nitriles is 1. The van der Waals surface area contributed by atoms with E-state index in [4.69, 9.17) is 10.1 Å². The van der Waals surface area contributed by atoms with Crippen molar-refractivity contribution in [2.75, 3.05) is 23.9 Å². The van der Waals surface area contributed by atoms with Gasteiger partial charge in [-0.15, -0.1) is 0 Å². The second kappa shape index (κ2) is 11.9. The molecular weight excluding hydrogens is 486 g/mol. The van der Waals surface area contributed by atoms with Gasteiger partial charge in [0, 0.05) is 37.1 Å². The third kappa shape index (κ3) is 6.83. The van der Waals surface area contributed by atoms with Crippen LogP contribution in [-0.4, -0.2) is 41.0 Å². The van der Waals surface area contributed by atoms with E-state index in [9.17, 15) is 9.59 Å². The number of aryl methyl sites for hydroxylation is 1. The zero-order chi connectivity index (χ0) is 23.8. The Hall–Kier alpha value is -2.83. The molecular formula is C24H30BrN5O3. The summed E-state index contributed by atoms with van der Waals surface area (Å²) in [5.74, 6) is 0.815. The van der Waals surface area contributed by atoms with Crippen molar-refractivity contribution in [3.63, 3.8) is 0 Å². The maximum Gasteiger partial charge on any atom is 0.228 e. The minimum atomic E-state index is -0.0568. The molecule has 0 aliphatic carbocycles. The van der Waals surface area contributed by atoms with E-state index >= 15 is 0 Å². The number of carbonyl (C=O) groups excluding carboxylic acids is 2. The van der Waals surface area contributed by atoms with Crippen molar-refractivity contribution in [2.24, 2.45) is 5.92 Å². The van der Waals surface area contributed by atoms with Gasteiger partial charge in [-0.1, -0.05) is 13.0 Å². The fourth-order valence-electron chi connectivity index (χ4n) is 3.77. The third-order valence-corrected chi connectivity index (χ3v) is 6.56. The molecule has 0 spiro atoms. The number of aromatic nitrogens is 1. The molecule has 0 radical (unpaired) electrons. The molecule has 1 aromatic heterocycles. The number of carbonyl (C=O) groups is 2. The summed E-state index contributed by atoms with van der Waals surface area (Å²) in [5, 5.41) is 12.0. The molecule has 2 amide bonds. The van der Waals surface area contributed by atoms with Gasteiger partial charge in [0.15, 0.2) is 0 Å². The van der Waals surface area contributed by atoms with Crippen LogP contribution in [0.1, 0.15) is 44.4 Å². The summed E-state index contributed by atoms with van der Waals surface area (Å²) in [4.78, 5) is 29.2. The van der Waals surface area contributed by atoms with E-state index in [0.717, 1.165) is 53.2 Å². The van der Waals surface area contributed by atoms with Gasteiger partial charge < -0.3 is 14.8 Å². The van der Waals surface area contributed by atoms with E-state index in [1.807, 2.05) is 46.9 Å². The van der Waals surface area contributed by atoms with Crippen LogP contribution in [0.15, 0.2) is 34.9 Å². The lowest BCUT2D eigenvalue weighted by Crippen LogP contribution is -2.31. The average Bonchev–Trinajstić information content (AvgIpc) is 3.38. The molecule has 4 rings (SSSR count). The normalized spacial score (nSPS) is 16.2. The van der Waals surface area contributed by atoms with Crippen LogP contribution in [0.25, 0.3) is 0 Å². The van der Waals surface area contributed by atoms with Gasteiger partial charge in [-0.3, -0.25) is 19.9 Å². The van der Waals surface area contributed by atoms with Crippen LogP contribution >= 0.6 is 15.9 Å². The Bertz CT molecular complexity index is 1010. The van der Waals surface area contributed by atoms with Crippen LogP contribution < -0.4 is 10.8 Å². The standard InChI is InChI=1S/C17H17BrN4O2.C7H13NO/c1-11(5-7-22-8-6-13(18)16(22)10-19)24-21-15-4-2-3-14-12(15)9-17(23)20-14;1-7-2-4-8(6-9)5-3-7/h2-4,6,8,11,21H,5,7,9H2,1H3,(H,20,23);6-7H,2-5H2,1H3. The number of fused-ring (bicyclic) bond motifs is 1. The Labute approximate surface area is 203 Å². The lowest BCUT2D eigenvalue weighted by Gasteiger charge is -2.26. The molecule has 9 heteroatoms. The smallest absolute Gasteiger partial charge is 0.228 e. The van der Waals surface area contributed by atoms with Gasteiger partial charge in [-0.25, -0.2) is 0 Å². The second-order valence-corrected chi connectivity index (χ2v) is 9.37. The van der Waals surface area contributed by atoms with E-state index < -0.39 is 0 Å². The summed E-state index contributed by atoms with van der Waals surface area (Å²) in [6, 6.07) is 9.68. The van der Waals surface area contributed by atoms with E-state index in [1.165, 1.54) is 12.8 Å². The van der Waals surface area contributed by atoms with Gasteiger partial charge in [0.1, 0.15) is 11.8 Å². The summed E-state index contributed by atoms with van der Waals surface area (Å²) in [7, 11) is 0. The molecule has 1 fully saturated rings. The van der Waals surface area contributed by atoms with Gasteiger partial charge in [-0.05, 0) is 66.2 Å². The number of amides is 2. The SMILES string of the molecule is CC(CCn1ccc(Br)c1C#N)ONc1cccc2c1CC(=O)N2.CC1CCN(C=O)CC1. The molecule has 2 aromatic rings. The Kier molecular flexibility index (Phi) is 8.92. The van der Waals surface area contributed by atoms with Crippen molar-refractivity contribution < 1.29 is 14.4 Å². The fraction of sp³-hybridized carbons (Fsp3) is 0.458. The first kappa shape index (κ1) is 24.8. The molecule has 0 saturated carbocycles. The highest BCUT2D eigenvalue weighted by Crippen LogP contribution is 2.30. The third-order valence-electron chi connectivity index (χ3n) is 5.92. The van der Waals surface area contributed by atoms with E-state index in [2.05, 4.69) is 39.7 Å². The number of likely N-dealkylation sites (tertiary alicyclic amines) is 1. The quantitative estimate of drug-likeness (QED) is 0.422. The van der Waals surface area contributed by atoms with Crippen molar-refractivity contribution in [1.82, 2.24) is 9.47 Å². The minimum Gasteiger partial charge on any atom is -0.345 e. The highest BCUT2D eigenvalue weighted by molar-refractivity contribution is 9.10. The summed E-state index contributed by atoms with van der Waals surface area (Å²) < 4.78 is 2.70. The molecule has 176 valence electrons. The lowest BCUT2D eigenvalue weighted by molar-refractivity contribution is -0.119. The van der Waals surface area contributed by atoms with Crippen LogP contribution in [0.3, 0.4) is 0 Å². The van der Waals surface area contributed by atoms with E-state index in [0.29, 0.717) is 18.7 Å². The zero-order valence-corrected chi connectivity index (χ0v) is 20.6. The summed E-state index contributed by atoms with van der Waals surface area (Å²) in [5.41, 5.74) is 6.13. The Balaban J connectivity index is 0.000000286. The van der Waals surface area contributed by atoms with Gasteiger partial charge in [0.05, 0.1) is 22.7 Å². The van der Waals surface area contributed by atoms with Crippen LogP contribution in [-0.2, 0) is 27.4 Å². The van der Waals surface area contributed by atoms with Crippen LogP contribution in [0.2, 0.25) is 0 Å². The van der Waals surface area contributed by atoms with Crippen LogP contribution in [0.5, 0.6) is 0 Å². The number of benzene rings is 1. The molecule has 33 heavy (non-hydrogen) atoms. The minimum absolute atomic E-state index is 0.00508. The molecule has 1 saturated heterocycles. The predicted molar refractivity (Wildman–Crippen MR) is 130 cm³/mol. The first-order chi connectivity index (χ1) is 15.9. The first-order valence-electron chi connectivity index (χ1n) is 11.2. The number of rotatable bonds is 7. The zero-order valence-electron chi connectivity index (χ0n) is 19.0. The molecule has 2 aliphatic heterocycles. The Morgan fingerprint density at radius 3 is 2.82 bits per heavy atom. The number of piperidine rings is 1. The largest absolute Gasteiger partial charge is 0.345 e. The summed E-state index contributed by atoms with van der Waals surface area (Å²) >= 11 is 3.36. The number of hydrogen-bond donors (Lipinski definition) is 2. The van der Waals surface area contributed by atoms with Crippen LogP contribution in [0, 0.1) is 17.2 Å². The molecule has 3 heterocycles. The van der Waals surface area contributed by atoms with Gasteiger partial charge in [0.25, 0.3) is 0 Å². The number of hydrogen-bond acceptors (Lipinski definition) is 5. The molecule has 8 nitrogen and oxygen atoms in total. The fourth-order valence-corrected chi connectivity index (χ4v) is 4.21. The maximum atomic E-state index is 11.5. The van der Waals surface area contributed by atoms with Crippen molar-refractivity contribution in [2.45, 2.75) is 52.2 Å². The number of halogens is 1. The van der Waals surface area contributed by atoms with E-state index in [1.54, 1.807) is 0 Å². The van der Waals surface area contributed by atoms with Gasteiger partial charge in [0.2, 0.25) is 12.3 Å². The van der Waals surface area contributed by atoms with Crippen molar-refractivity contribution in [3.05, 3.63) is 46.2 Å². The number of nitrogens with one attached hydrogen (secondary N) is 2. The molecule has 2 N–H and O–H groups in total. The second-order valence-electron chi connectivity index (χ2n) is 8.52. The van der Waals surface area contributed by atoms with Gasteiger partial charge >= 0.3 is 0 Å². The molecule has 2 aliphatic rings. The molecule has 1 atom stereocenters. The van der Waals surface area contributed by atoms with Crippen molar-refractivity contribution in [1.29, 1.82) is 5.26 Å². The topological polar surface area (TPSA) is 99.4 Å². The van der Waals surface area contributed by atoms with E-state index in [-0.39, 0.29) is 12.0 Å². The monoisotopic (exact) mass is 515 g/mol. The average molecular weight is 516 g/mol. The lowest BCUT2D eigenvalue weighted by atomic mass is 10.00. The molecule has 1 unspecified atom stereocenters.